The van der Waals surface area contributed by atoms with Crippen LogP contribution in [0.25, 0.3) is 0 Å². The minimum atomic E-state index is -0.0919. The zero-order valence-electron chi connectivity index (χ0n) is 14.9. The highest BCUT2D eigenvalue weighted by molar-refractivity contribution is 7.99. The fourth-order valence-corrected chi connectivity index (χ4v) is 3.54. The number of aromatic nitrogens is 3. The number of thioether (sulfide) groups is 1. The van der Waals surface area contributed by atoms with Gasteiger partial charge in [-0.1, -0.05) is 23.9 Å². The first-order valence-corrected chi connectivity index (χ1v) is 9.46. The monoisotopic (exact) mass is 371 g/mol. The number of hydrogen-bond donors (Lipinski definition) is 0. The Bertz CT molecular complexity index is 825. The molecule has 3 rings (SSSR count). The average Bonchev–Trinajstić information content (AvgIpc) is 3.44. The van der Waals surface area contributed by atoms with Gasteiger partial charge in [-0.05, 0) is 25.0 Å². The largest absolute Gasteiger partial charge is 0.495 e. The van der Waals surface area contributed by atoms with Crippen molar-refractivity contribution in [2.75, 3.05) is 24.3 Å². The highest BCUT2D eigenvalue weighted by Gasteiger charge is 2.29. The van der Waals surface area contributed by atoms with Crippen molar-refractivity contribution in [1.29, 1.82) is 5.26 Å². The second-order valence-corrected chi connectivity index (χ2v) is 7.03. The van der Waals surface area contributed by atoms with Crippen molar-refractivity contribution < 1.29 is 9.53 Å². The lowest BCUT2D eigenvalue weighted by molar-refractivity contribution is -0.116. The second-order valence-electron chi connectivity index (χ2n) is 6.09. The van der Waals surface area contributed by atoms with Gasteiger partial charge < -0.3 is 14.2 Å². The molecule has 136 valence electrons. The molecule has 0 radical (unpaired) electrons. The van der Waals surface area contributed by atoms with Crippen LogP contribution in [0.5, 0.6) is 5.75 Å². The van der Waals surface area contributed by atoms with Crippen molar-refractivity contribution in [2.45, 2.75) is 30.3 Å². The molecule has 1 aliphatic carbocycles. The third kappa shape index (κ3) is 3.99. The number of benzene rings is 1. The van der Waals surface area contributed by atoms with Crippen LogP contribution in [0.15, 0.2) is 29.4 Å². The van der Waals surface area contributed by atoms with Crippen molar-refractivity contribution in [3.8, 4) is 11.8 Å². The summed E-state index contributed by atoms with van der Waals surface area (Å²) in [4.78, 5) is 14.4. The molecule has 0 spiro atoms. The Labute approximate surface area is 157 Å². The number of carbonyl (C=O) groups excluding carboxylic acids is 1. The van der Waals surface area contributed by atoms with E-state index in [0.29, 0.717) is 23.9 Å². The summed E-state index contributed by atoms with van der Waals surface area (Å²) in [5.41, 5.74) is 0.674. The SMILES string of the molecule is COc1ccccc1N(CCC#N)C(=O)CSc1nnc(C2CC2)n1C. The van der Waals surface area contributed by atoms with E-state index in [1.807, 2.05) is 29.8 Å². The number of methoxy groups -OCH3 is 1. The van der Waals surface area contributed by atoms with Gasteiger partial charge in [-0.15, -0.1) is 10.2 Å². The Morgan fingerprint density at radius 2 is 2.19 bits per heavy atom. The number of rotatable bonds is 8. The average molecular weight is 371 g/mol. The molecule has 1 heterocycles. The first kappa shape index (κ1) is 18.3. The summed E-state index contributed by atoms with van der Waals surface area (Å²) in [6, 6.07) is 9.43. The zero-order valence-corrected chi connectivity index (χ0v) is 15.7. The molecule has 0 saturated heterocycles. The van der Waals surface area contributed by atoms with E-state index in [0.717, 1.165) is 23.8 Å². The maximum Gasteiger partial charge on any atom is 0.237 e. The number of ether oxygens (including phenoxy) is 1. The van der Waals surface area contributed by atoms with Gasteiger partial charge in [-0.3, -0.25) is 4.79 Å². The minimum Gasteiger partial charge on any atom is -0.495 e. The normalized spacial score (nSPS) is 13.3. The highest BCUT2D eigenvalue weighted by atomic mass is 32.2. The van der Waals surface area contributed by atoms with Crippen LogP contribution in [0.2, 0.25) is 0 Å². The van der Waals surface area contributed by atoms with Crippen molar-refractivity contribution in [3.63, 3.8) is 0 Å². The molecular formula is C18H21N5O2S. The third-order valence-electron chi connectivity index (χ3n) is 4.26. The summed E-state index contributed by atoms with van der Waals surface area (Å²) < 4.78 is 7.34. The van der Waals surface area contributed by atoms with E-state index in [-0.39, 0.29) is 18.1 Å². The summed E-state index contributed by atoms with van der Waals surface area (Å²) in [5.74, 6) is 2.24. The van der Waals surface area contributed by atoms with E-state index in [2.05, 4.69) is 16.3 Å². The number of para-hydroxylation sites is 2. The van der Waals surface area contributed by atoms with Gasteiger partial charge in [0.1, 0.15) is 11.6 Å². The van der Waals surface area contributed by atoms with E-state index in [4.69, 9.17) is 10.00 Å². The molecule has 1 saturated carbocycles. The van der Waals surface area contributed by atoms with Crippen LogP contribution in [0.3, 0.4) is 0 Å². The first-order valence-electron chi connectivity index (χ1n) is 8.48. The summed E-state index contributed by atoms with van der Waals surface area (Å²) in [7, 11) is 3.51. The molecule has 2 aromatic rings. The van der Waals surface area contributed by atoms with Crippen molar-refractivity contribution in [3.05, 3.63) is 30.1 Å². The van der Waals surface area contributed by atoms with Gasteiger partial charge in [-0.2, -0.15) is 5.26 Å². The molecule has 0 bridgehead atoms. The summed E-state index contributed by atoms with van der Waals surface area (Å²) in [6.45, 7) is 0.322. The van der Waals surface area contributed by atoms with Crippen LogP contribution < -0.4 is 9.64 Å². The Morgan fingerprint density at radius 1 is 1.42 bits per heavy atom. The van der Waals surface area contributed by atoms with Crippen molar-refractivity contribution in [2.24, 2.45) is 7.05 Å². The Balaban J connectivity index is 1.72. The number of carbonyl (C=O) groups is 1. The molecular weight excluding hydrogens is 350 g/mol. The van der Waals surface area contributed by atoms with Gasteiger partial charge in [0.2, 0.25) is 5.91 Å². The van der Waals surface area contributed by atoms with Gasteiger partial charge in [0.15, 0.2) is 5.16 Å². The summed E-state index contributed by atoms with van der Waals surface area (Å²) in [5, 5.41) is 18.1. The molecule has 1 amide bonds. The first-order chi connectivity index (χ1) is 12.7. The minimum absolute atomic E-state index is 0.0919. The van der Waals surface area contributed by atoms with Crippen molar-refractivity contribution in [1.82, 2.24) is 14.8 Å². The maximum absolute atomic E-state index is 12.8. The molecule has 26 heavy (non-hydrogen) atoms. The van der Waals surface area contributed by atoms with Gasteiger partial charge >= 0.3 is 0 Å². The molecule has 8 heteroatoms. The maximum atomic E-state index is 12.8. The quantitative estimate of drug-likeness (QED) is 0.664. The zero-order chi connectivity index (χ0) is 18.5. The number of amides is 1. The standard InChI is InChI=1S/C18H21N5O2S/c1-22-17(13-8-9-13)20-21-18(22)26-12-16(24)23(11-5-10-19)14-6-3-4-7-15(14)25-2/h3-4,6-7,13H,5,8-9,11-12H2,1-2H3. The lowest BCUT2D eigenvalue weighted by Crippen LogP contribution is -2.33. The van der Waals surface area contributed by atoms with Crippen LogP contribution in [-0.4, -0.2) is 40.1 Å². The predicted molar refractivity (Wildman–Crippen MR) is 99.3 cm³/mol. The molecule has 1 aliphatic rings. The Kier molecular flexibility index (Phi) is 5.78. The van der Waals surface area contributed by atoms with Crippen LogP contribution in [0.1, 0.15) is 31.0 Å². The van der Waals surface area contributed by atoms with Crippen molar-refractivity contribution >= 4 is 23.4 Å². The van der Waals surface area contributed by atoms with Crippen LogP contribution in [-0.2, 0) is 11.8 Å². The number of nitriles is 1. The van der Waals surface area contributed by atoms with Gasteiger partial charge in [0.05, 0.1) is 31.0 Å². The Hall–Kier alpha value is -2.53. The summed E-state index contributed by atoms with van der Waals surface area (Å²) >= 11 is 1.37. The third-order valence-corrected chi connectivity index (χ3v) is 5.27. The topological polar surface area (TPSA) is 84.0 Å². The van der Waals surface area contributed by atoms with E-state index >= 15 is 0 Å². The Morgan fingerprint density at radius 3 is 2.88 bits per heavy atom. The van der Waals surface area contributed by atoms with Gasteiger partial charge in [0.25, 0.3) is 0 Å². The van der Waals surface area contributed by atoms with Crippen LogP contribution >= 0.6 is 11.8 Å². The molecule has 1 aromatic carbocycles. The van der Waals surface area contributed by atoms with Crippen LogP contribution in [0.4, 0.5) is 5.69 Å². The van der Waals surface area contributed by atoms with E-state index < -0.39 is 0 Å². The van der Waals surface area contributed by atoms with Gasteiger partial charge in [0, 0.05) is 19.5 Å². The molecule has 0 atom stereocenters. The number of hydrogen-bond acceptors (Lipinski definition) is 6. The lowest BCUT2D eigenvalue weighted by Gasteiger charge is -2.23. The van der Waals surface area contributed by atoms with E-state index in [1.165, 1.54) is 11.8 Å². The lowest BCUT2D eigenvalue weighted by atomic mass is 10.2. The fraction of sp³-hybridized carbons (Fsp3) is 0.444. The number of nitrogens with zero attached hydrogens (tertiary/aromatic N) is 5. The van der Waals surface area contributed by atoms with E-state index in [1.54, 1.807) is 18.1 Å². The molecule has 1 aromatic heterocycles. The highest BCUT2D eigenvalue weighted by Crippen LogP contribution is 2.39. The smallest absolute Gasteiger partial charge is 0.237 e. The molecule has 0 aliphatic heterocycles. The molecule has 7 nitrogen and oxygen atoms in total. The number of anilines is 1. The summed E-state index contributed by atoms with van der Waals surface area (Å²) in [6.07, 6.45) is 2.57. The predicted octanol–water partition coefficient (Wildman–Crippen LogP) is 2.74. The molecule has 0 N–H and O–H groups in total. The van der Waals surface area contributed by atoms with Crippen LogP contribution in [0, 0.1) is 11.3 Å². The molecule has 1 fully saturated rings. The van der Waals surface area contributed by atoms with E-state index in [9.17, 15) is 4.79 Å². The van der Waals surface area contributed by atoms with Gasteiger partial charge in [-0.25, -0.2) is 0 Å². The molecule has 0 unspecified atom stereocenters. The fourth-order valence-electron chi connectivity index (χ4n) is 2.75. The second kappa shape index (κ2) is 8.23.